The normalized spacial score (nSPS) is 10.4. The van der Waals surface area contributed by atoms with Crippen molar-refractivity contribution >= 4 is 22.4 Å². The predicted molar refractivity (Wildman–Crippen MR) is 69.1 cm³/mol. The first-order valence-corrected chi connectivity index (χ1v) is 5.66. The van der Waals surface area contributed by atoms with Gasteiger partial charge in [0, 0.05) is 12.3 Å². The summed E-state index contributed by atoms with van der Waals surface area (Å²) in [5.41, 5.74) is 0.799. The number of hydrogen-bond acceptors (Lipinski definition) is 2. The zero-order chi connectivity index (χ0) is 12.1. The molecule has 88 valence electrons. The Labute approximate surface area is 100 Å². The Morgan fingerprint density at radius 3 is 2.71 bits per heavy atom. The summed E-state index contributed by atoms with van der Waals surface area (Å²) in [6.07, 6.45) is 0. The van der Waals surface area contributed by atoms with Crippen LogP contribution in [0.5, 0.6) is 0 Å². The summed E-state index contributed by atoms with van der Waals surface area (Å²) < 4.78 is 5.04. The second-order valence-corrected chi connectivity index (χ2v) is 3.75. The van der Waals surface area contributed by atoms with E-state index in [4.69, 9.17) is 4.74 Å². The van der Waals surface area contributed by atoms with E-state index in [1.54, 1.807) is 0 Å². The third-order valence-electron chi connectivity index (χ3n) is 2.47. The van der Waals surface area contributed by atoms with Crippen LogP contribution in [-0.4, -0.2) is 19.1 Å². The lowest BCUT2D eigenvalue weighted by Crippen LogP contribution is -2.18. The zero-order valence-corrected chi connectivity index (χ0v) is 9.77. The van der Waals surface area contributed by atoms with E-state index >= 15 is 0 Å². The van der Waals surface area contributed by atoms with Gasteiger partial charge >= 0.3 is 0 Å². The van der Waals surface area contributed by atoms with Crippen LogP contribution < -0.4 is 5.32 Å². The first-order valence-electron chi connectivity index (χ1n) is 5.66. The third kappa shape index (κ3) is 3.04. The van der Waals surface area contributed by atoms with Gasteiger partial charge in [-0.2, -0.15) is 0 Å². The molecule has 17 heavy (non-hydrogen) atoms. The Bertz CT molecular complexity index is 522. The van der Waals surface area contributed by atoms with Gasteiger partial charge in [0.25, 0.3) is 0 Å². The molecule has 0 aliphatic heterocycles. The number of benzene rings is 2. The molecule has 0 unspecified atom stereocenters. The molecule has 2 aromatic rings. The molecule has 0 radical (unpaired) electrons. The molecule has 0 spiro atoms. The minimum Gasteiger partial charge on any atom is -0.372 e. The second kappa shape index (κ2) is 5.46. The van der Waals surface area contributed by atoms with Crippen LogP contribution in [-0.2, 0) is 9.53 Å². The van der Waals surface area contributed by atoms with Crippen LogP contribution >= 0.6 is 0 Å². The molecule has 0 aromatic heterocycles. The summed E-state index contributed by atoms with van der Waals surface area (Å²) in [5.74, 6) is -0.123. The molecule has 1 amide bonds. The quantitative estimate of drug-likeness (QED) is 0.875. The number of carbonyl (C=O) groups is 1. The molecule has 2 aromatic carbocycles. The van der Waals surface area contributed by atoms with Gasteiger partial charge in [-0.05, 0) is 29.8 Å². The van der Waals surface area contributed by atoms with E-state index in [9.17, 15) is 4.79 Å². The van der Waals surface area contributed by atoms with Crippen LogP contribution in [0.3, 0.4) is 0 Å². The first kappa shape index (κ1) is 11.6. The van der Waals surface area contributed by atoms with Crippen LogP contribution in [0.1, 0.15) is 6.92 Å². The number of rotatable bonds is 4. The summed E-state index contributed by atoms with van der Waals surface area (Å²) >= 11 is 0. The highest BCUT2D eigenvalue weighted by Gasteiger charge is 2.02. The van der Waals surface area contributed by atoms with Gasteiger partial charge in [-0.15, -0.1) is 0 Å². The number of carbonyl (C=O) groups excluding carboxylic acids is 1. The predicted octanol–water partition coefficient (Wildman–Crippen LogP) is 2.81. The maximum atomic E-state index is 11.5. The minimum absolute atomic E-state index is 0.101. The van der Waals surface area contributed by atoms with Crippen LogP contribution in [0.15, 0.2) is 42.5 Å². The van der Waals surface area contributed by atoms with Crippen molar-refractivity contribution in [1.82, 2.24) is 0 Å². The Kier molecular flexibility index (Phi) is 3.73. The SMILES string of the molecule is CCOCC(=O)Nc1ccc2ccccc2c1. The number of nitrogens with one attached hydrogen (secondary N) is 1. The Morgan fingerprint density at radius 1 is 1.18 bits per heavy atom. The topological polar surface area (TPSA) is 38.3 Å². The molecule has 0 aliphatic carbocycles. The molecule has 0 bridgehead atoms. The van der Waals surface area contributed by atoms with Crippen LogP contribution in [0.4, 0.5) is 5.69 Å². The number of anilines is 1. The molecule has 0 atom stereocenters. The van der Waals surface area contributed by atoms with Gasteiger partial charge in [-0.1, -0.05) is 30.3 Å². The molecule has 0 fully saturated rings. The summed E-state index contributed by atoms with van der Waals surface area (Å²) in [6, 6.07) is 13.9. The molecular weight excluding hydrogens is 214 g/mol. The lowest BCUT2D eigenvalue weighted by atomic mass is 10.1. The third-order valence-corrected chi connectivity index (χ3v) is 2.47. The summed E-state index contributed by atoms with van der Waals surface area (Å²) in [4.78, 5) is 11.5. The van der Waals surface area contributed by atoms with E-state index in [-0.39, 0.29) is 12.5 Å². The van der Waals surface area contributed by atoms with Crippen LogP contribution in [0.2, 0.25) is 0 Å². The number of ether oxygens (including phenoxy) is 1. The van der Waals surface area contributed by atoms with Crippen molar-refractivity contribution in [1.29, 1.82) is 0 Å². The van der Waals surface area contributed by atoms with Gasteiger partial charge in [0.05, 0.1) is 0 Å². The molecule has 0 saturated heterocycles. The van der Waals surface area contributed by atoms with E-state index in [0.717, 1.165) is 16.5 Å². The maximum Gasteiger partial charge on any atom is 0.250 e. The number of hydrogen-bond donors (Lipinski definition) is 1. The van der Waals surface area contributed by atoms with E-state index in [0.29, 0.717) is 6.61 Å². The average Bonchev–Trinajstić information content (AvgIpc) is 2.36. The largest absolute Gasteiger partial charge is 0.372 e. The van der Waals surface area contributed by atoms with Gasteiger partial charge in [0.15, 0.2) is 0 Å². The monoisotopic (exact) mass is 229 g/mol. The lowest BCUT2D eigenvalue weighted by molar-refractivity contribution is -0.120. The smallest absolute Gasteiger partial charge is 0.250 e. The van der Waals surface area contributed by atoms with Gasteiger partial charge < -0.3 is 10.1 Å². The molecule has 0 aliphatic rings. The maximum absolute atomic E-state index is 11.5. The van der Waals surface area contributed by atoms with Crippen molar-refractivity contribution in [3.8, 4) is 0 Å². The molecular formula is C14H15NO2. The number of amides is 1. The highest BCUT2D eigenvalue weighted by molar-refractivity contribution is 5.95. The van der Waals surface area contributed by atoms with Gasteiger partial charge in [0.2, 0.25) is 5.91 Å². The summed E-state index contributed by atoms with van der Waals surface area (Å²) in [7, 11) is 0. The summed E-state index contributed by atoms with van der Waals surface area (Å²) in [6.45, 7) is 2.51. The molecule has 1 N–H and O–H groups in total. The molecule has 3 nitrogen and oxygen atoms in total. The average molecular weight is 229 g/mol. The number of fused-ring (bicyclic) bond motifs is 1. The van der Waals surface area contributed by atoms with Crippen molar-refractivity contribution < 1.29 is 9.53 Å². The summed E-state index contributed by atoms with van der Waals surface area (Å²) in [5, 5.41) is 5.08. The molecule has 2 rings (SSSR count). The van der Waals surface area contributed by atoms with Gasteiger partial charge in [-0.3, -0.25) is 4.79 Å². The fourth-order valence-electron chi connectivity index (χ4n) is 1.66. The molecule has 0 heterocycles. The Hall–Kier alpha value is -1.87. The highest BCUT2D eigenvalue weighted by Crippen LogP contribution is 2.18. The van der Waals surface area contributed by atoms with Crippen molar-refractivity contribution in [2.24, 2.45) is 0 Å². The van der Waals surface area contributed by atoms with E-state index in [1.807, 2.05) is 49.4 Å². The fraction of sp³-hybridized carbons (Fsp3) is 0.214. The Morgan fingerprint density at radius 2 is 1.94 bits per heavy atom. The fourth-order valence-corrected chi connectivity index (χ4v) is 1.66. The first-order chi connectivity index (χ1) is 8.29. The lowest BCUT2D eigenvalue weighted by Gasteiger charge is -2.06. The van der Waals surface area contributed by atoms with Crippen LogP contribution in [0.25, 0.3) is 10.8 Å². The molecule has 0 saturated carbocycles. The highest BCUT2D eigenvalue weighted by atomic mass is 16.5. The van der Waals surface area contributed by atoms with E-state index < -0.39 is 0 Å². The van der Waals surface area contributed by atoms with E-state index in [1.165, 1.54) is 0 Å². The van der Waals surface area contributed by atoms with Crippen molar-refractivity contribution in [2.45, 2.75) is 6.92 Å². The van der Waals surface area contributed by atoms with Crippen molar-refractivity contribution in [3.63, 3.8) is 0 Å². The second-order valence-electron chi connectivity index (χ2n) is 3.75. The standard InChI is InChI=1S/C14H15NO2/c1-2-17-10-14(16)15-13-8-7-11-5-3-4-6-12(11)9-13/h3-9H,2,10H2,1H3,(H,15,16). The van der Waals surface area contributed by atoms with Gasteiger partial charge in [-0.25, -0.2) is 0 Å². The molecule has 3 heteroatoms. The van der Waals surface area contributed by atoms with Crippen molar-refractivity contribution in [3.05, 3.63) is 42.5 Å². The van der Waals surface area contributed by atoms with Gasteiger partial charge in [0.1, 0.15) is 6.61 Å². The van der Waals surface area contributed by atoms with Crippen LogP contribution in [0, 0.1) is 0 Å². The van der Waals surface area contributed by atoms with Crippen molar-refractivity contribution in [2.75, 3.05) is 18.5 Å². The zero-order valence-electron chi connectivity index (χ0n) is 9.77. The Balaban J connectivity index is 2.11. The van der Waals surface area contributed by atoms with E-state index in [2.05, 4.69) is 5.32 Å². The minimum atomic E-state index is -0.123.